The van der Waals surface area contributed by atoms with Gasteiger partial charge in [0.2, 0.25) is 11.6 Å². The molecule has 0 saturated heterocycles. The van der Waals surface area contributed by atoms with Gasteiger partial charge in [-0.3, -0.25) is 4.79 Å². The van der Waals surface area contributed by atoms with Crippen molar-refractivity contribution >= 4 is 29.5 Å². The Bertz CT molecular complexity index is 934. The van der Waals surface area contributed by atoms with Gasteiger partial charge in [0.1, 0.15) is 5.69 Å². The van der Waals surface area contributed by atoms with Crippen LogP contribution in [-0.2, 0) is 11.3 Å². The number of nitrogen functional groups attached to an aromatic ring is 1. The van der Waals surface area contributed by atoms with Gasteiger partial charge in [0.05, 0.1) is 12.8 Å². The molecule has 0 aliphatic heterocycles. The van der Waals surface area contributed by atoms with Crippen molar-refractivity contribution in [1.82, 2.24) is 30.7 Å². The molecule has 1 amide bonds. The topological polar surface area (TPSA) is 146 Å². The fourth-order valence-corrected chi connectivity index (χ4v) is 2.15. The zero-order valence-corrected chi connectivity index (χ0v) is 14.2. The maximum absolute atomic E-state index is 12.3. The van der Waals surface area contributed by atoms with Gasteiger partial charge < -0.3 is 10.5 Å². The molecular formula is C14H13ClN8O3. The van der Waals surface area contributed by atoms with Crippen LogP contribution in [0.2, 0.25) is 5.02 Å². The highest BCUT2D eigenvalue weighted by Gasteiger charge is 2.23. The highest BCUT2D eigenvalue weighted by Crippen LogP contribution is 2.16. The maximum atomic E-state index is 12.3. The minimum absolute atomic E-state index is 0.0000274. The van der Waals surface area contributed by atoms with Crippen LogP contribution in [0.15, 0.2) is 34.0 Å². The van der Waals surface area contributed by atoms with Gasteiger partial charge in [-0.05, 0) is 28.0 Å². The lowest BCUT2D eigenvalue weighted by Crippen LogP contribution is -2.20. The maximum Gasteiger partial charge on any atom is 0.293 e. The molecule has 0 fully saturated rings. The molecule has 0 saturated carbocycles. The number of nitrogens with two attached hydrogens (primary N) is 1. The summed E-state index contributed by atoms with van der Waals surface area (Å²) in [5, 5.41) is 19.3. The number of ether oxygens (including phenoxy) is 1. The smallest absolute Gasteiger partial charge is 0.293 e. The Hall–Kier alpha value is -3.31. The van der Waals surface area contributed by atoms with Gasteiger partial charge in [0.15, 0.2) is 5.69 Å². The SMILES string of the molecule is COCc1c(C(=O)NN=Cc2ccc(Cl)cc2)nnn1-c1nonc1N. The van der Waals surface area contributed by atoms with E-state index < -0.39 is 5.91 Å². The number of carbonyl (C=O) groups excluding carboxylic acids is 1. The first-order valence-corrected chi connectivity index (χ1v) is 7.59. The van der Waals surface area contributed by atoms with Crippen LogP contribution in [0.3, 0.4) is 0 Å². The van der Waals surface area contributed by atoms with Crippen molar-refractivity contribution < 1.29 is 14.2 Å². The molecule has 0 bridgehead atoms. The molecule has 3 N–H and O–H groups in total. The second kappa shape index (κ2) is 7.72. The predicted molar refractivity (Wildman–Crippen MR) is 90.9 cm³/mol. The fourth-order valence-electron chi connectivity index (χ4n) is 2.02. The van der Waals surface area contributed by atoms with Gasteiger partial charge in [0.25, 0.3) is 5.91 Å². The number of anilines is 1. The standard InChI is InChI=1S/C14H13ClN8O3/c1-25-7-10-11(18-22-23(10)13-12(16)20-26-21-13)14(24)19-17-6-8-2-4-9(15)5-3-8/h2-6H,7H2,1H3,(H2,16,20)(H,19,24). The van der Waals surface area contributed by atoms with Crippen molar-refractivity contribution in [3.63, 3.8) is 0 Å². The van der Waals surface area contributed by atoms with E-state index in [1.165, 1.54) is 18.0 Å². The van der Waals surface area contributed by atoms with Crippen LogP contribution >= 0.6 is 11.6 Å². The van der Waals surface area contributed by atoms with Gasteiger partial charge in [-0.25, -0.2) is 10.1 Å². The van der Waals surface area contributed by atoms with Crippen LogP contribution in [0.5, 0.6) is 0 Å². The van der Waals surface area contributed by atoms with Crippen LogP contribution in [-0.4, -0.2) is 44.5 Å². The summed E-state index contributed by atoms with van der Waals surface area (Å²) >= 11 is 5.81. The highest BCUT2D eigenvalue weighted by atomic mass is 35.5. The number of rotatable bonds is 6. The molecule has 12 heteroatoms. The summed E-state index contributed by atoms with van der Waals surface area (Å²) in [6.07, 6.45) is 1.47. The highest BCUT2D eigenvalue weighted by molar-refractivity contribution is 6.30. The number of benzene rings is 1. The zero-order chi connectivity index (χ0) is 18.5. The molecule has 134 valence electrons. The number of hydrogen-bond donors (Lipinski definition) is 2. The van der Waals surface area contributed by atoms with Crippen molar-refractivity contribution in [3.8, 4) is 5.82 Å². The molecule has 0 radical (unpaired) electrons. The van der Waals surface area contributed by atoms with Gasteiger partial charge in [0, 0.05) is 12.1 Å². The second-order valence-corrected chi connectivity index (χ2v) is 5.39. The molecule has 0 aliphatic rings. The van der Waals surface area contributed by atoms with Crippen LogP contribution in [0.1, 0.15) is 21.7 Å². The summed E-state index contributed by atoms with van der Waals surface area (Å²) in [7, 11) is 1.46. The van der Waals surface area contributed by atoms with Crippen molar-refractivity contribution in [1.29, 1.82) is 0 Å². The summed E-state index contributed by atoms with van der Waals surface area (Å²) in [5.74, 6) is -0.475. The lowest BCUT2D eigenvalue weighted by molar-refractivity contribution is 0.0944. The van der Waals surface area contributed by atoms with Crippen molar-refractivity contribution in [2.45, 2.75) is 6.61 Å². The van der Waals surface area contributed by atoms with Gasteiger partial charge in [-0.15, -0.1) is 5.10 Å². The number of halogens is 1. The van der Waals surface area contributed by atoms with E-state index in [0.717, 1.165) is 5.56 Å². The number of nitrogens with zero attached hydrogens (tertiary/aromatic N) is 6. The van der Waals surface area contributed by atoms with Gasteiger partial charge in [-0.1, -0.05) is 28.9 Å². The Kier molecular flexibility index (Phi) is 5.20. The van der Waals surface area contributed by atoms with Gasteiger partial charge >= 0.3 is 0 Å². The summed E-state index contributed by atoms with van der Waals surface area (Å²) < 4.78 is 10.8. The molecule has 0 spiro atoms. The predicted octanol–water partition coefficient (Wildman–Crippen LogP) is 0.796. The Balaban J connectivity index is 1.79. The number of methoxy groups -OCH3 is 1. The Morgan fingerprint density at radius 1 is 1.42 bits per heavy atom. The van der Waals surface area contributed by atoms with E-state index in [1.54, 1.807) is 24.3 Å². The third-order valence-electron chi connectivity index (χ3n) is 3.21. The number of carbonyl (C=O) groups is 1. The molecule has 2 aromatic heterocycles. The van der Waals surface area contributed by atoms with E-state index in [-0.39, 0.29) is 23.9 Å². The molecule has 1 aromatic carbocycles. The van der Waals surface area contributed by atoms with Crippen LogP contribution in [0.4, 0.5) is 5.82 Å². The summed E-state index contributed by atoms with van der Waals surface area (Å²) in [5.41, 5.74) is 9.09. The Morgan fingerprint density at radius 2 is 2.19 bits per heavy atom. The first-order chi connectivity index (χ1) is 12.6. The van der Waals surface area contributed by atoms with E-state index in [1.807, 2.05) is 0 Å². The molecule has 0 atom stereocenters. The molecule has 3 rings (SSSR count). The zero-order valence-electron chi connectivity index (χ0n) is 13.5. The van der Waals surface area contributed by atoms with Crippen LogP contribution in [0.25, 0.3) is 5.82 Å². The number of hydrazone groups is 1. The van der Waals surface area contributed by atoms with E-state index in [0.29, 0.717) is 10.7 Å². The quantitative estimate of drug-likeness (QED) is 0.474. The summed E-state index contributed by atoms with van der Waals surface area (Å²) in [6, 6.07) is 6.93. The molecule has 0 unspecified atom stereocenters. The van der Waals surface area contributed by atoms with E-state index >= 15 is 0 Å². The molecular weight excluding hydrogens is 364 g/mol. The first-order valence-electron chi connectivity index (χ1n) is 7.21. The van der Waals surface area contributed by atoms with Crippen molar-refractivity contribution in [2.75, 3.05) is 12.8 Å². The summed E-state index contributed by atoms with van der Waals surface area (Å²) in [6.45, 7) is 0.0307. The average Bonchev–Trinajstić information content (AvgIpc) is 3.23. The van der Waals surface area contributed by atoms with Crippen molar-refractivity contribution in [3.05, 3.63) is 46.2 Å². The van der Waals surface area contributed by atoms with Gasteiger partial charge in [-0.2, -0.15) is 9.78 Å². The third kappa shape index (κ3) is 3.68. The van der Waals surface area contributed by atoms with E-state index in [4.69, 9.17) is 22.1 Å². The lowest BCUT2D eigenvalue weighted by atomic mass is 10.2. The third-order valence-corrected chi connectivity index (χ3v) is 3.46. The van der Waals surface area contributed by atoms with Crippen LogP contribution < -0.4 is 11.2 Å². The van der Waals surface area contributed by atoms with Crippen LogP contribution in [0, 0.1) is 0 Å². The molecule has 3 aromatic rings. The minimum Gasteiger partial charge on any atom is -0.378 e. The Labute approximate surface area is 151 Å². The molecule has 0 aliphatic carbocycles. The summed E-state index contributed by atoms with van der Waals surface area (Å²) in [4.78, 5) is 12.3. The second-order valence-electron chi connectivity index (χ2n) is 4.95. The normalized spacial score (nSPS) is 11.2. The minimum atomic E-state index is -0.580. The number of aromatic nitrogens is 5. The average molecular weight is 377 g/mol. The molecule has 11 nitrogen and oxygen atoms in total. The number of hydrogen-bond acceptors (Lipinski definition) is 9. The Morgan fingerprint density at radius 3 is 2.85 bits per heavy atom. The molecule has 26 heavy (non-hydrogen) atoms. The first kappa shape index (κ1) is 17.5. The van der Waals surface area contributed by atoms with E-state index in [2.05, 4.69) is 35.8 Å². The lowest BCUT2D eigenvalue weighted by Gasteiger charge is -2.03. The van der Waals surface area contributed by atoms with Crippen molar-refractivity contribution in [2.24, 2.45) is 5.10 Å². The van der Waals surface area contributed by atoms with E-state index in [9.17, 15) is 4.79 Å². The monoisotopic (exact) mass is 376 g/mol. The fraction of sp³-hybridized carbons (Fsp3) is 0.143. The largest absolute Gasteiger partial charge is 0.378 e. The molecule has 2 heterocycles. The number of amides is 1. The number of nitrogens with one attached hydrogen (secondary N) is 1.